The molecule has 2 nitrogen and oxygen atoms in total. The first-order valence-electron chi connectivity index (χ1n) is 11.0. The predicted octanol–water partition coefficient (Wildman–Crippen LogP) is 7.97. The van der Waals surface area contributed by atoms with Crippen molar-refractivity contribution in [3.63, 3.8) is 0 Å². The Labute approximate surface area is 204 Å². The number of carbonyl (C=O) groups excluding carboxylic acids is 1. The number of aryl methyl sites for hydroxylation is 1. The standard InChI is InChI=1S/C29H27NOS2/c1-22-18-25(21-33-27-10-6-3-7-11-27)14-17-28(22)30-29(31)26-15-12-24(13-16-26)20-32-19-23-8-4-2-5-9-23/h2-18H,19-21H2,1H3,(H,30,31). The lowest BCUT2D eigenvalue weighted by Gasteiger charge is -2.11. The van der Waals surface area contributed by atoms with Crippen molar-refractivity contribution >= 4 is 35.1 Å². The van der Waals surface area contributed by atoms with Crippen LogP contribution < -0.4 is 5.32 Å². The summed E-state index contributed by atoms with van der Waals surface area (Å²) >= 11 is 3.70. The topological polar surface area (TPSA) is 29.1 Å². The number of thioether (sulfide) groups is 2. The lowest BCUT2D eigenvalue weighted by atomic mass is 10.1. The zero-order valence-corrected chi connectivity index (χ0v) is 20.3. The summed E-state index contributed by atoms with van der Waals surface area (Å²) in [6.07, 6.45) is 0. The molecule has 166 valence electrons. The lowest BCUT2D eigenvalue weighted by Crippen LogP contribution is -2.12. The highest BCUT2D eigenvalue weighted by Gasteiger charge is 2.09. The average molecular weight is 470 g/mol. The van der Waals surface area contributed by atoms with Crippen molar-refractivity contribution in [1.82, 2.24) is 0 Å². The number of hydrogen-bond donors (Lipinski definition) is 1. The molecule has 0 fully saturated rings. The predicted molar refractivity (Wildman–Crippen MR) is 143 cm³/mol. The third-order valence-electron chi connectivity index (χ3n) is 5.28. The van der Waals surface area contributed by atoms with Gasteiger partial charge in [-0.3, -0.25) is 4.79 Å². The molecule has 0 aliphatic carbocycles. The largest absolute Gasteiger partial charge is 0.322 e. The third-order valence-corrected chi connectivity index (χ3v) is 7.44. The smallest absolute Gasteiger partial charge is 0.255 e. The minimum Gasteiger partial charge on any atom is -0.322 e. The minimum absolute atomic E-state index is 0.0759. The molecule has 0 aliphatic heterocycles. The molecule has 0 bridgehead atoms. The van der Waals surface area contributed by atoms with Crippen molar-refractivity contribution in [1.29, 1.82) is 0 Å². The van der Waals surface area contributed by atoms with Crippen molar-refractivity contribution in [2.45, 2.75) is 29.1 Å². The van der Waals surface area contributed by atoms with Crippen molar-refractivity contribution in [3.05, 3.63) is 131 Å². The van der Waals surface area contributed by atoms with Crippen LogP contribution in [-0.4, -0.2) is 5.91 Å². The van der Waals surface area contributed by atoms with Crippen molar-refractivity contribution in [3.8, 4) is 0 Å². The molecule has 4 rings (SSSR count). The van der Waals surface area contributed by atoms with Gasteiger partial charge < -0.3 is 5.32 Å². The van der Waals surface area contributed by atoms with Crippen LogP contribution in [0.3, 0.4) is 0 Å². The van der Waals surface area contributed by atoms with Gasteiger partial charge in [0.15, 0.2) is 0 Å². The molecule has 0 saturated carbocycles. The summed E-state index contributed by atoms with van der Waals surface area (Å²) < 4.78 is 0. The lowest BCUT2D eigenvalue weighted by molar-refractivity contribution is 0.102. The normalized spacial score (nSPS) is 10.7. The van der Waals surface area contributed by atoms with Crippen LogP contribution in [0.5, 0.6) is 0 Å². The fourth-order valence-electron chi connectivity index (χ4n) is 3.45. The van der Waals surface area contributed by atoms with Gasteiger partial charge in [-0.05, 0) is 59.5 Å². The molecule has 4 heteroatoms. The number of nitrogens with one attached hydrogen (secondary N) is 1. The van der Waals surface area contributed by atoms with E-state index in [2.05, 4.69) is 66.0 Å². The van der Waals surface area contributed by atoms with Gasteiger partial charge in [0, 0.05) is 33.4 Å². The van der Waals surface area contributed by atoms with Crippen molar-refractivity contribution in [2.24, 2.45) is 0 Å². The summed E-state index contributed by atoms with van der Waals surface area (Å²) in [5.74, 6) is 2.75. The summed E-state index contributed by atoms with van der Waals surface area (Å²) in [6, 6.07) is 35.0. The summed E-state index contributed by atoms with van der Waals surface area (Å²) in [4.78, 5) is 14.0. The van der Waals surface area contributed by atoms with Crippen molar-refractivity contribution < 1.29 is 4.79 Å². The Morgan fingerprint density at radius 3 is 1.97 bits per heavy atom. The van der Waals surface area contributed by atoms with E-state index in [9.17, 15) is 4.79 Å². The first kappa shape index (κ1) is 23.2. The summed E-state index contributed by atoms with van der Waals surface area (Å²) in [5, 5.41) is 3.06. The monoisotopic (exact) mass is 469 g/mol. The van der Waals surface area contributed by atoms with Gasteiger partial charge in [0.2, 0.25) is 0 Å². The van der Waals surface area contributed by atoms with Crippen LogP contribution in [0.15, 0.2) is 108 Å². The molecule has 0 heterocycles. The Kier molecular flexibility index (Phi) is 8.29. The van der Waals surface area contributed by atoms with Crippen LogP contribution in [0.4, 0.5) is 5.69 Å². The number of amides is 1. The molecule has 4 aromatic carbocycles. The van der Waals surface area contributed by atoms with Crippen molar-refractivity contribution in [2.75, 3.05) is 5.32 Å². The maximum absolute atomic E-state index is 12.8. The fraction of sp³-hybridized carbons (Fsp3) is 0.138. The molecule has 0 radical (unpaired) electrons. The van der Waals surface area contributed by atoms with E-state index in [-0.39, 0.29) is 5.91 Å². The van der Waals surface area contributed by atoms with E-state index in [1.807, 2.05) is 72.9 Å². The highest BCUT2D eigenvalue weighted by Crippen LogP contribution is 2.25. The molecule has 33 heavy (non-hydrogen) atoms. The van der Waals surface area contributed by atoms with Gasteiger partial charge in [-0.2, -0.15) is 11.8 Å². The molecule has 4 aromatic rings. The Hall–Kier alpha value is -2.95. The van der Waals surface area contributed by atoms with Crippen LogP contribution in [0, 0.1) is 6.92 Å². The van der Waals surface area contributed by atoms with E-state index in [1.54, 1.807) is 0 Å². The van der Waals surface area contributed by atoms with E-state index >= 15 is 0 Å². The Balaban J connectivity index is 1.29. The quantitative estimate of drug-likeness (QED) is 0.252. The second-order valence-electron chi connectivity index (χ2n) is 7.88. The molecule has 0 aliphatic rings. The van der Waals surface area contributed by atoms with Gasteiger partial charge in [-0.1, -0.05) is 72.8 Å². The number of rotatable bonds is 9. The van der Waals surface area contributed by atoms with E-state index in [4.69, 9.17) is 0 Å². The second-order valence-corrected chi connectivity index (χ2v) is 9.91. The van der Waals surface area contributed by atoms with Gasteiger partial charge >= 0.3 is 0 Å². The number of carbonyl (C=O) groups is 1. The van der Waals surface area contributed by atoms with Gasteiger partial charge in [-0.25, -0.2) is 0 Å². The van der Waals surface area contributed by atoms with E-state index in [0.29, 0.717) is 5.56 Å². The highest BCUT2D eigenvalue weighted by molar-refractivity contribution is 7.98. The van der Waals surface area contributed by atoms with Crippen LogP contribution in [-0.2, 0) is 17.3 Å². The number of benzene rings is 4. The summed E-state index contributed by atoms with van der Waals surface area (Å²) in [5.41, 5.74) is 6.41. The first-order chi connectivity index (χ1) is 16.2. The molecular weight excluding hydrogens is 442 g/mol. The number of hydrogen-bond acceptors (Lipinski definition) is 3. The molecule has 1 N–H and O–H groups in total. The molecule has 0 aromatic heterocycles. The van der Waals surface area contributed by atoms with E-state index in [0.717, 1.165) is 28.5 Å². The molecule has 0 spiro atoms. The van der Waals surface area contributed by atoms with Crippen LogP contribution in [0.25, 0.3) is 0 Å². The van der Waals surface area contributed by atoms with Crippen LogP contribution in [0.2, 0.25) is 0 Å². The minimum atomic E-state index is -0.0759. The molecule has 1 amide bonds. The second kappa shape index (κ2) is 11.8. The molecular formula is C29H27NOS2. The summed E-state index contributed by atoms with van der Waals surface area (Å²) in [6.45, 7) is 2.04. The maximum Gasteiger partial charge on any atom is 0.255 e. The molecule has 0 atom stereocenters. The Morgan fingerprint density at radius 1 is 0.697 bits per heavy atom. The highest BCUT2D eigenvalue weighted by atomic mass is 32.2. The van der Waals surface area contributed by atoms with E-state index < -0.39 is 0 Å². The number of anilines is 1. The van der Waals surface area contributed by atoms with Crippen LogP contribution in [0.1, 0.15) is 32.6 Å². The maximum atomic E-state index is 12.8. The zero-order valence-electron chi connectivity index (χ0n) is 18.7. The van der Waals surface area contributed by atoms with Gasteiger partial charge in [0.05, 0.1) is 0 Å². The first-order valence-corrected chi connectivity index (χ1v) is 13.1. The van der Waals surface area contributed by atoms with Crippen LogP contribution >= 0.6 is 23.5 Å². The zero-order chi connectivity index (χ0) is 22.9. The average Bonchev–Trinajstić information content (AvgIpc) is 2.86. The van der Waals surface area contributed by atoms with Gasteiger partial charge in [0.25, 0.3) is 5.91 Å². The Morgan fingerprint density at radius 2 is 1.30 bits per heavy atom. The van der Waals surface area contributed by atoms with E-state index in [1.165, 1.54) is 21.6 Å². The SMILES string of the molecule is Cc1cc(CSc2ccccc2)ccc1NC(=O)c1ccc(CSCc2ccccc2)cc1. The fourth-order valence-corrected chi connectivity index (χ4v) is 5.27. The third kappa shape index (κ3) is 7.01. The van der Waals surface area contributed by atoms with Gasteiger partial charge in [-0.15, -0.1) is 11.8 Å². The summed E-state index contributed by atoms with van der Waals surface area (Å²) in [7, 11) is 0. The van der Waals surface area contributed by atoms with Gasteiger partial charge in [0.1, 0.15) is 0 Å². The molecule has 0 unspecified atom stereocenters. The molecule has 0 saturated heterocycles. The Bertz CT molecular complexity index is 1180.